The predicted octanol–water partition coefficient (Wildman–Crippen LogP) is 3.71. The van der Waals surface area contributed by atoms with E-state index >= 15 is 0 Å². The average molecular weight is 358 g/mol. The summed E-state index contributed by atoms with van der Waals surface area (Å²) in [7, 11) is -3.06. The molecule has 0 aromatic heterocycles. The molecule has 0 atom stereocenters. The second-order valence-corrected chi connectivity index (χ2v) is 9.58. The second kappa shape index (κ2) is 7.72. The van der Waals surface area contributed by atoms with Gasteiger partial charge in [0.05, 0.1) is 11.0 Å². The Bertz CT molecular complexity index is 690. The summed E-state index contributed by atoms with van der Waals surface area (Å²) in [5.74, 6) is -1.28. The molecule has 1 aliphatic rings. The molecule has 1 saturated carbocycles. The van der Waals surface area contributed by atoms with Gasteiger partial charge in [0.1, 0.15) is 17.4 Å². The number of hydrogen-bond acceptors (Lipinski definition) is 3. The third kappa shape index (κ3) is 4.85. The van der Waals surface area contributed by atoms with E-state index in [9.17, 15) is 22.0 Å². The highest BCUT2D eigenvalue weighted by atomic mass is 32.2. The average Bonchev–Trinajstić information content (AvgIpc) is 2.50. The molecule has 0 bridgehead atoms. The molecule has 0 N–H and O–H groups in total. The number of hydrogen-bond donors (Lipinski definition) is 0. The van der Waals surface area contributed by atoms with Gasteiger partial charge in [-0.05, 0) is 57.1 Å². The molecule has 0 unspecified atom stereocenters. The second-order valence-electron chi connectivity index (χ2n) is 6.97. The van der Waals surface area contributed by atoms with Crippen molar-refractivity contribution in [2.24, 2.45) is 11.8 Å². The fourth-order valence-corrected chi connectivity index (χ4v) is 4.54. The van der Waals surface area contributed by atoms with Crippen molar-refractivity contribution < 1.29 is 22.0 Å². The molecule has 6 heteroatoms. The molecule has 1 fully saturated rings. The van der Waals surface area contributed by atoms with Crippen LogP contribution in [0.1, 0.15) is 45.1 Å². The van der Waals surface area contributed by atoms with Crippen molar-refractivity contribution >= 4 is 15.6 Å². The smallest absolute Gasteiger partial charge is 0.152 e. The van der Waals surface area contributed by atoms with Crippen LogP contribution in [0.25, 0.3) is 0 Å². The number of benzene rings is 1. The van der Waals surface area contributed by atoms with E-state index in [0.29, 0.717) is 25.7 Å². The Morgan fingerprint density at radius 3 is 2.33 bits per heavy atom. The molecule has 0 saturated heterocycles. The van der Waals surface area contributed by atoms with Crippen LogP contribution >= 0.6 is 0 Å². The lowest BCUT2D eigenvalue weighted by Gasteiger charge is -2.28. The van der Waals surface area contributed by atoms with Crippen LogP contribution in [0.2, 0.25) is 0 Å². The zero-order valence-electron chi connectivity index (χ0n) is 14.1. The van der Waals surface area contributed by atoms with Crippen molar-refractivity contribution in [2.75, 3.05) is 5.75 Å². The Morgan fingerprint density at radius 2 is 1.79 bits per heavy atom. The summed E-state index contributed by atoms with van der Waals surface area (Å²) < 4.78 is 50.5. The van der Waals surface area contributed by atoms with Crippen LogP contribution in [0.15, 0.2) is 18.2 Å². The van der Waals surface area contributed by atoms with Gasteiger partial charge in [-0.2, -0.15) is 0 Å². The highest BCUT2D eigenvalue weighted by Gasteiger charge is 2.30. The van der Waals surface area contributed by atoms with Gasteiger partial charge >= 0.3 is 0 Å². The van der Waals surface area contributed by atoms with E-state index in [1.54, 1.807) is 13.8 Å². The van der Waals surface area contributed by atoms with Gasteiger partial charge in [-0.25, -0.2) is 17.2 Å². The monoisotopic (exact) mass is 358 g/mol. The lowest BCUT2D eigenvalue weighted by molar-refractivity contribution is -0.123. The first-order valence-electron chi connectivity index (χ1n) is 8.37. The zero-order chi connectivity index (χ0) is 17.9. The summed E-state index contributed by atoms with van der Waals surface area (Å²) >= 11 is 0. The molecule has 134 valence electrons. The van der Waals surface area contributed by atoms with Crippen molar-refractivity contribution in [3.05, 3.63) is 35.4 Å². The van der Waals surface area contributed by atoms with Gasteiger partial charge in [0.2, 0.25) is 0 Å². The van der Waals surface area contributed by atoms with E-state index in [2.05, 4.69) is 0 Å². The third-order valence-electron chi connectivity index (χ3n) is 4.87. The van der Waals surface area contributed by atoms with Crippen LogP contribution in [-0.4, -0.2) is 25.2 Å². The Balaban J connectivity index is 1.89. The number of Topliss-reactive ketones (excluding diaryl/α,β-unsaturated/α-hetero) is 1. The van der Waals surface area contributed by atoms with E-state index in [-0.39, 0.29) is 40.6 Å². The van der Waals surface area contributed by atoms with Crippen molar-refractivity contribution in [1.82, 2.24) is 0 Å². The molecule has 0 heterocycles. The van der Waals surface area contributed by atoms with E-state index in [4.69, 9.17) is 0 Å². The van der Waals surface area contributed by atoms with Gasteiger partial charge in [0.25, 0.3) is 0 Å². The van der Waals surface area contributed by atoms with Gasteiger partial charge in [0, 0.05) is 18.4 Å². The lowest BCUT2D eigenvalue weighted by atomic mass is 9.79. The fraction of sp³-hybridized carbons (Fsp3) is 0.611. The summed E-state index contributed by atoms with van der Waals surface area (Å²) in [6, 6.07) is 3.25. The van der Waals surface area contributed by atoms with Gasteiger partial charge in [-0.1, -0.05) is 6.07 Å². The SMILES string of the molecule is CC(C)S(=O)(=O)CC1CCC(C(=O)Cc2ccc(F)cc2F)CC1. The first kappa shape index (κ1) is 19.0. The number of rotatable bonds is 6. The molecule has 24 heavy (non-hydrogen) atoms. The van der Waals surface area contributed by atoms with Crippen molar-refractivity contribution in [1.29, 1.82) is 0 Å². The van der Waals surface area contributed by atoms with E-state index in [0.717, 1.165) is 12.1 Å². The molecular formula is C18H24F2O3S. The fourth-order valence-electron chi connectivity index (χ4n) is 3.17. The topological polar surface area (TPSA) is 51.2 Å². The first-order chi connectivity index (χ1) is 11.2. The molecule has 2 rings (SSSR count). The minimum atomic E-state index is -3.06. The van der Waals surface area contributed by atoms with Gasteiger partial charge < -0.3 is 0 Å². The summed E-state index contributed by atoms with van der Waals surface area (Å²) in [5, 5.41) is -0.377. The maximum atomic E-state index is 13.6. The van der Waals surface area contributed by atoms with Crippen LogP contribution < -0.4 is 0 Å². The minimum absolute atomic E-state index is 0.0360. The molecule has 0 aliphatic heterocycles. The third-order valence-corrected chi connectivity index (χ3v) is 7.24. The number of halogens is 2. The van der Waals surface area contributed by atoms with E-state index in [1.165, 1.54) is 6.07 Å². The molecule has 1 aromatic carbocycles. The Morgan fingerprint density at radius 1 is 1.17 bits per heavy atom. The largest absolute Gasteiger partial charge is 0.299 e. The van der Waals surface area contributed by atoms with Crippen molar-refractivity contribution in [2.45, 2.75) is 51.2 Å². The number of carbonyl (C=O) groups is 1. The summed E-state index contributed by atoms with van der Waals surface area (Å²) in [4.78, 5) is 12.3. The number of carbonyl (C=O) groups excluding carboxylic acids is 1. The summed E-state index contributed by atoms with van der Waals surface area (Å²) in [6.07, 6.45) is 2.65. The predicted molar refractivity (Wildman–Crippen MR) is 89.4 cm³/mol. The van der Waals surface area contributed by atoms with Crippen LogP contribution in [0.3, 0.4) is 0 Å². The van der Waals surface area contributed by atoms with E-state index in [1.807, 2.05) is 0 Å². The molecular weight excluding hydrogens is 334 g/mol. The summed E-state index contributed by atoms with van der Waals surface area (Å²) in [5.41, 5.74) is 0.214. The Hall–Kier alpha value is -1.30. The highest BCUT2D eigenvalue weighted by Crippen LogP contribution is 2.31. The molecule has 1 aromatic rings. The standard InChI is InChI=1S/C18H24F2O3S/c1-12(2)24(22,23)11-13-3-5-14(6-4-13)18(21)9-15-7-8-16(19)10-17(15)20/h7-8,10,12-14H,3-6,9,11H2,1-2H3. The molecule has 3 nitrogen and oxygen atoms in total. The maximum Gasteiger partial charge on any atom is 0.152 e. The normalized spacial score (nSPS) is 21.9. The van der Waals surface area contributed by atoms with Crippen molar-refractivity contribution in [3.8, 4) is 0 Å². The molecule has 0 radical (unpaired) electrons. The quantitative estimate of drug-likeness (QED) is 0.779. The van der Waals surface area contributed by atoms with Crippen LogP contribution in [0.4, 0.5) is 8.78 Å². The number of ketones is 1. The van der Waals surface area contributed by atoms with E-state index < -0.39 is 21.5 Å². The molecule has 0 amide bonds. The van der Waals surface area contributed by atoms with Gasteiger partial charge in [-0.3, -0.25) is 4.79 Å². The summed E-state index contributed by atoms with van der Waals surface area (Å²) in [6.45, 7) is 3.36. The first-order valence-corrected chi connectivity index (χ1v) is 10.1. The maximum absolute atomic E-state index is 13.6. The van der Waals surface area contributed by atoms with Crippen molar-refractivity contribution in [3.63, 3.8) is 0 Å². The minimum Gasteiger partial charge on any atom is -0.299 e. The Kier molecular flexibility index (Phi) is 6.12. The lowest BCUT2D eigenvalue weighted by Crippen LogP contribution is -2.29. The highest BCUT2D eigenvalue weighted by molar-refractivity contribution is 7.91. The van der Waals surface area contributed by atoms with Crippen LogP contribution in [-0.2, 0) is 21.1 Å². The van der Waals surface area contributed by atoms with Gasteiger partial charge in [-0.15, -0.1) is 0 Å². The van der Waals surface area contributed by atoms with Crippen LogP contribution in [0, 0.1) is 23.5 Å². The van der Waals surface area contributed by atoms with Crippen LogP contribution in [0.5, 0.6) is 0 Å². The van der Waals surface area contributed by atoms with Gasteiger partial charge in [0.15, 0.2) is 9.84 Å². The molecule has 1 aliphatic carbocycles. The zero-order valence-corrected chi connectivity index (χ0v) is 14.9. The number of sulfone groups is 1. The molecule has 0 spiro atoms. The Labute approximate surface area is 142 Å².